The molecule has 1 unspecified atom stereocenters. The largest absolute Gasteiger partial charge is 0.481 e. The van der Waals surface area contributed by atoms with Gasteiger partial charge in [0.2, 0.25) is 12.3 Å². The summed E-state index contributed by atoms with van der Waals surface area (Å²) in [7, 11) is 1.52. The van der Waals surface area contributed by atoms with E-state index in [1.54, 1.807) is 12.1 Å². The normalized spacial score (nSPS) is 16.0. The summed E-state index contributed by atoms with van der Waals surface area (Å²) in [6.07, 6.45) is 6.77. The van der Waals surface area contributed by atoms with Crippen LogP contribution in [0.3, 0.4) is 0 Å². The van der Waals surface area contributed by atoms with Gasteiger partial charge in [-0.3, -0.25) is 14.8 Å². The van der Waals surface area contributed by atoms with Crippen LogP contribution in [0.1, 0.15) is 32.6 Å². The molecule has 0 aromatic carbocycles. The van der Waals surface area contributed by atoms with Gasteiger partial charge in [-0.1, -0.05) is 13.3 Å². The van der Waals surface area contributed by atoms with E-state index in [0.29, 0.717) is 30.3 Å². The van der Waals surface area contributed by atoms with Crippen LogP contribution in [-0.2, 0) is 4.79 Å². The third-order valence-electron chi connectivity index (χ3n) is 5.20. The second-order valence-corrected chi connectivity index (χ2v) is 7.38. The number of aromatic amines is 1. The van der Waals surface area contributed by atoms with Gasteiger partial charge in [0, 0.05) is 30.9 Å². The molecule has 1 amide bonds. The van der Waals surface area contributed by atoms with E-state index < -0.39 is 5.82 Å². The van der Waals surface area contributed by atoms with Crippen molar-refractivity contribution in [2.75, 3.05) is 38.2 Å². The number of rotatable bonds is 9. The molecular formula is C20H28FN5O2. The highest BCUT2D eigenvalue weighted by Gasteiger charge is 2.21. The number of hydrogen-bond donors (Lipinski definition) is 1. The van der Waals surface area contributed by atoms with Gasteiger partial charge in [-0.15, -0.1) is 0 Å². The zero-order valence-electron chi connectivity index (χ0n) is 16.5. The molecule has 28 heavy (non-hydrogen) atoms. The average Bonchev–Trinajstić information content (AvgIpc) is 3.10. The zero-order chi connectivity index (χ0) is 19.9. The zero-order valence-corrected chi connectivity index (χ0v) is 16.5. The minimum atomic E-state index is -0.553. The van der Waals surface area contributed by atoms with Gasteiger partial charge in [0.1, 0.15) is 5.69 Å². The number of aromatic nitrogens is 3. The van der Waals surface area contributed by atoms with Crippen LogP contribution in [0, 0.1) is 11.7 Å². The van der Waals surface area contributed by atoms with E-state index in [1.165, 1.54) is 37.5 Å². The molecule has 1 aliphatic rings. The Balaban J connectivity index is 1.62. The number of piperidine rings is 1. The van der Waals surface area contributed by atoms with Crippen LogP contribution < -0.4 is 9.64 Å². The van der Waals surface area contributed by atoms with Gasteiger partial charge in [0.05, 0.1) is 7.11 Å². The maximum absolute atomic E-state index is 14.9. The number of carbonyl (C=O) groups is 1. The third-order valence-corrected chi connectivity index (χ3v) is 5.20. The van der Waals surface area contributed by atoms with Gasteiger partial charge < -0.3 is 9.64 Å². The summed E-state index contributed by atoms with van der Waals surface area (Å²) in [4.78, 5) is 19.4. The third kappa shape index (κ3) is 4.86. The average molecular weight is 389 g/mol. The van der Waals surface area contributed by atoms with Crippen molar-refractivity contribution < 1.29 is 13.9 Å². The fraction of sp³-hybridized carbons (Fsp3) is 0.550. The van der Waals surface area contributed by atoms with Crippen LogP contribution in [0.5, 0.6) is 5.88 Å². The van der Waals surface area contributed by atoms with Crippen molar-refractivity contribution in [2.45, 2.75) is 32.6 Å². The monoisotopic (exact) mass is 389 g/mol. The van der Waals surface area contributed by atoms with E-state index >= 15 is 0 Å². The number of anilines is 1. The fourth-order valence-electron chi connectivity index (χ4n) is 3.59. The van der Waals surface area contributed by atoms with Crippen molar-refractivity contribution in [1.29, 1.82) is 0 Å². The van der Waals surface area contributed by atoms with Crippen molar-refractivity contribution in [3.05, 3.63) is 24.1 Å². The Morgan fingerprint density at radius 1 is 1.36 bits per heavy atom. The number of methoxy groups -OCH3 is 1. The van der Waals surface area contributed by atoms with Crippen LogP contribution in [0.2, 0.25) is 0 Å². The molecule has 0 bridgehead atoms. The van der Waals surface area contributed by atoms with Gasteiger partial charge in [0.15, 0.2) is 11.6 Å². The van der Waals surface area contributed by atoms with Gasteiger partial charge >= 0.3 is 0 Å². The van der Waals surface area contributed by atoms with Crippen LogP contribution in [-0.4, -0.2) is 59.8 Å². The standard InChI is InChI=1S/C20H28FN5O2/c1-15(13-25-9-4-3-5-10-25)8-11-26(14-27)20-18(21)19(23-24-20)16-6-7-17(28-2)22-12-16/h6-7,12,14-15H,3-5,8-11,13H2,1-2H3,(H,23,24). The van der Waals surface area contributed by atoms with E-state index in [-0.39, 0.29) is 11.5 Å². The lowest BCUT2D eigenvalue weighted by Gasteiger charge is -2.29. The fourth-order valence-corrected chi connectivity index (χ4v) is 3.59. The number of halogens is 1. The summed E-state index contributed by atoms with van der Waals surface area (Å²) in [6, 6.07) is 3.34. The smallest absolute Gasteiger partial charge is 0.215 e. The molecule has 0 saturated carbocycles. The minimum absolute atomic E-state index is 0.0194. The molecule has 1 atom stereocenters. The van der Waals surface area contributed by atoms with Crippen molar-refractivity contribution >= 4 is 12.2 Å². The molecule has 152 valence electrons. The summed E-state index contributed by atoms with van der Waals surface area (Å²) in [5.41, 5.74) is 0.750. The number of hydrogen-bond acceptors (Lipinski definition) is 5. The molecule has 1 fully saturated rings. The molecule has 8 heteroatoms. The molecule has 7 nitrogen and oxygen atoms in total. The van der Waals surface area contributed by atoms with Crippen LogP contribution in [0.25, 0.3) is 11.3 Å². The SMILES string of the molecule is COc1ccc(-c2[nH]nc(N(C=O)CCC(C)CN3CCCCC3)c2F)cn1. The summed E-state index contributed by atoms with van der Waals surface area (Å²) < 4.78 is 19.9. The number of ether oxygens (including phenoxy) is 1. The molecule has 1 saturated heterocycles. The summed E-state index contributed by atoms with van der Waals surface area (Å²) in [6.45, 7) is 5.91. The van der Waals surface area contributed by atoms with E-state index in [0.717, 1.165) is 26.1 Å². The van der Waals surface area contributed by atoms with Crippen LogP contribution in [0.15, 0.2) is 18.3 Å². The lowest BCUT2D eigenvalue weighted by Crippen LogP contribution is -2.35. The highest BCUT2D eigenvalue weighted by molar-refractivity contribution is 5.76. The number of nitrogens with zero attached hydrogens (tertiary/aromatic N) is 4. The van der Waals surface area contributed by atoms with Crippen molar-refractivity contribution in [1.82, 2.24) is 20.1 Å². The number of amides is 1. The molecule has 2 aromatic heterocycles. The van der Waals surface area contributed by atoms with E-state index in [2.05, 4.69) is 27.0 Å². The first kappa shape index (κ1) is 20.3. The Morgan fingerprint density at radius 3 is 2.79 bits per heavy atom. The second kappa shape index (κ2) is 9.64. The topological polar surface area (TPSA) is 74.3 Å². The van der Waals surface area contributed by atoms with Gasteiger partial charge in [-0.25, -0.2) is 9.37 Å². The van der Waals surface area contributed by atoms with Gasteiger partial charge in [-0.2, -0.15) is 5.10 Å². The Kier molecular flexibility index (Phi) is 6.97. The highest BCUT2D eigenvalue weighted by atomic mass is 19.1. The molecular weight excluding hydrogens is 361 g/mol. The lowest BCUT2D eigenvalue weighted by molar-refractivity contribution is -0.107. The number of nitrogens with one attached hydrogen (secondary N) is 1. The molecule has 3 rings (SSSR count). The molecule has 3 heterocycles. The minimum Gasteiger partial charge on any atom is -0.481 e. The first-order valence-corrected chi connectivity index (χ1v) is 9.81. The van der Waals surface area contributed by atoms with Gasteiger partial charge in [0.25, 0.3) is 0 Å². The van der Waals surface area contributed by atoms with E-state index in [9.17, 15) is 9.18 Å². The van der Waals surface area contributed by atoms with Crippen LogP contribution >= 0.6 is 0 Å². The van der Waals surface area contributed by atoms with Gasteiger partial charge in [-0.05, 0) is 44.3 Å². The number of pyridine rings is 1. The Bertz CT molecular complexity index is 758. The van der Waals surface area contributed by atoms with Crippen LogP contribution in [0.4, 0.5) is 10.2 Å². The van der Waals surface area contributed by atoms with E-state index in [4.69, 9.17) is 4.74 Å². The Hall–Kier alpha value is -2.48. The Morgan fingerprint density at radius 2 is 2.14 bits per heavy atom. The first-order chi connectivity index (χ1) is 13.6. The predicted octanol–water partition coefficient (Wildman–Crippen LogP) is 3.09. The van der Waals surface area contributed by atoms with Crippen molar-refractivity contribution in [3.63, 3.8) is 0 Å². The maximum Gasteiger partial charge on any atom is 0.215 e. The lowest BCUT2D eigenvalue weighted by atomic mass is 10.0. The molecule has 0 radical (unpaired) electrons. The molecule has 0 spiro atoms. The van der Waals surface area contributed by atoms with E-state index in [1.807, 2.05) is 0 Å². The number of likely N-dealkylation sites (tertiary alicyclic amines) is 1. The molecule has 1 N–H and O–H groups in total. The maximum atomic E-state index is 14.9. The number of carbonyl (C=O) groups excluding carboxylic acids is 1. The molecule has 0 aliphatic carbocycles. The van der Waals surface area contributed by atoms with Crippen molar-refractivity contribution in [2.24, 2.45) is 5.92 Å². The second-order valence-electron chi connectivity index (χ2n) is 7.38. The Labute approximate surface area is 164 Å². The highest BCUT2D eigenvalue weighted by Crippen LogP contribution is 2.27. The molecule has 2 aromatic rings. The first-order valence-electron chi connectivity index (χ1n) is 9.81. The predicted molar refractivity (Wildman–Crippen MR) is 106 cm³/mol. The summed E-state index contributed by atoms with van der Waals surface area (Å²) in [5.74, 6) is 0.336. The molecule has 1 aliphatic heterocycles. The summed E-state index contributed by atoms with van der Waals surface area (Å²) in [5, 5.41) is 6.71. The number of H-pyrrole nitrogens is 1. The summed E-state index contributed by atoms with van der Waals surface area (Å²) >= 11 is 0. The van der Waals surface area contributed by atoms with Crippen molar-refractivity contribution in [3.8, 4) is 17.1 Å². The quantitative estimate of drug-likeness (QED) is 0.667.